The number of thiazole rings is 1. The standard InChI is InChI=1S/C18H16N2O2S/c1-12-6-3-4-9-15(12)17(21)16-11-19-18(23-16)20-13-7-5-8-14(10-13)22-2/h3-11H,1-2H3,(H,19,20). The summed E-state index contributed by atoms with van der Waals surface area (Å²) in [6, 6.07) is 15.1. The van der Waals surface area contributed by atoms with E-state index in [-0.39, 0.29) is 5.78 Å². The van der Waals surface area contributed by atoms with Crippen molar-refractivity contribution < 1.29 is 9.53 Å². The number of aryl methyl sites for hydroxylation is 1. The fourth-order valence-electron chi connectivity index (χ4n) is 2.22. The maximum absolute atomic E-state index is 12.6. The topological polar surface area (TPSA) is 51.2 Å². The van der Waals surface area contributed by atoms with Crippen LogP contribution in [0, 0.1) is 6.92 Å². The van der Waals surface area contributed by atoms with Crippen LogP contribution in [0.25, 0.3) is 0 Å². The summed E-state index contributed by atoms with van der Waals surface area (Å²) in [4.78, 5) is 17.5. The number of carbonyl (C=O) groups excluding carboxylic acids is 1. The average molecular weight is 324 g/mol. The number of ether oxygens (including phenoxy) is 1. The Morgan fingerprint density at radius 3 is 2.78 bits per heavy atom. The van der Waals surface area contributed by atoms with E-state index in [4.69, 9.17) is 4.74 Å². The van der Waals surface area contributed by atoms with Gasteiger partial charge in [0.25, 0.3) is 0 Å². The Hall–Kier alpha value is -2.66. The smallest absolute Gasteiger partial charge is 0.204 e. The quantitative estimate of drug-likeness (QED) is 0.705. The lowest BCUT2D eigenvalue weighted by molar-refractivity contribution is 0.104. The summed E-state index contributed by atoms with van der Waals surface area (Å²) in [6.45, 7) is 1.93. The first-order valence-electron chi connectivity index (χ1n) is 7.14. The van der Waals surface area contributed by atoms with E-state index in [0.29, 0.717) is 15.6 Å². The van der Waals surface area contributed by atoms with Gasteiger partial charge in [-0.1, -0.05) is 41.7 Å². The molecule has 5 heteroatoms. The van der Waals surface area contributed by atoms with Crippen molar-refractivity contribution in [3.8, 4) is 5.75 Å². The van der Waals surface area contributed by atoms with Crippen molar-refractivity contribution in [3.05, 3.63) is 70.7 Å². The Morgan fingerprint density at radius 2 is 2.00 bits per heavy atom. The summed E-state index contributed by atoms with van der Waals surface area (Å²) >= 11 is 1.34. The second-order valence-corrected chi connectivity index (χ2v) is 6.06. The third-order valence-electron chi connectivity index (χ3n) is 3.44. The molecule has 0 saturated carbocycles. The van der Waals surface area contributed by atoms with Crippen molar-refractivity contribution in [2.24, 2.45) is 0 Å². The number of anilines is 2. The van der Waals surface area contributed by atoms with Crippen LogP contribution in [-0.4, -0.2) is 17.9 Å². The first-order chi connectivity index (χ1) is 11.2. The molecule has 0 saturated heterocycles. The van der Waals surface area contributed by atoms with Crippen molar-refractivity contribution >= 4 is 27.9 Å². The molecule has 1 heterocycles. The third-order valence-corrected chi connectivity index (χ3v) is 4.35. The van der Waals surface area contributed by atoms with Gasteiger partial charge in [0, 0.05) is 17.3 Å². The van der Waals surface area contributed by atoms with Crippen molar-refractivity contribution in [1.82, 2.24) is 4.98 Å². The number of rotatable bonds is 5. The zero-order valence-corrected chi connectivity index (χ0v) is 13.7. The van der Waals surface area contributed by atoms with Gasteiger partial charge >= 0.3 is 0 Å². The van der Waals surface area contributed by atoms with Crippen LogP contribution in [0.3, 0.4) is 0 Å². The third kappa shape index (κ3) is 3.40. The molecular weight excluding hydrogens is 308 g/mol. The van der Waals surface area contributed by atoms with Gasteiger partial charge in [-0.15, -0.1) is 0 Å². The number of hydrogen-bond acceptors (Lipinski definition) is 5. The zero-order valence-electron chi connectivity index (χ0n) is 12.9. The number of aromatic nitrogens is 1. The van der Waals surface area contributed by atoms with Crippen molar-refractivity contribution in [2.75, 3.05) is 12.4 Å². The lowest BCUT2D eigenvalue weighted by atomic mass is 10.0. The van der Waals surface area contributed by atoms with Crippen molar-refractivity contribution in [1.29, 1.82) is 0 Å². The SMILES string of the molecule is COc1cccc(Nc2ncc(C(=O)c3ccccc3C)s2)c1. The van der Waals surface area contributed by atoms with Gasteiger partial charge < -0.3 is 10.1 Å². The van der Waals surface area contributed by atoms with Gasteiger partial charge in [-0.3, -0.25) is 4.79 Å². The molecule has 0 amide bonds. The van der Waals surface area contributed by atoms with Crippen LogP contribution in [0.1, 0.15) is 20.8 Å². The number of methoxy groups -OCH3 is 1. The number of ketones is 1. The fraction of sp³-hybridized carbons (Fsp3) is 0.111. The van der Waals surface area contributed by atoms with E-state index in [2.05, 4.69) is 10.3 Å². The summed E-state index contributed by atoms with van der Waals surface area (Å²) in [5.74, 6) is 0.766. The highest BCUT2D eigenvalue weighted by Crippen LogP contribution is 2.26. The highest BCUT2D eigenvalue weighted by atomic mass is 32.1. The van der Waals surface area contributed by atoms with Gasteiger partial charge in [0.1, 0.15) is 5.75 Å². The molecule has 0 aliphatic rings. The molecule has 1 aromatic heterocycles. The number of benzene rings is 2. The number of hydrogen-bond donors (Lipinski definition) is 1. The van der Waals surface area contributed by atoms with E-state index >= 15 is 0 Å². The van der Waals surface area contributed by atoms with E-state index in [9.17, 15) is 4.79 Å². The summed E-state index contributed by atoms with van der Waals surface area (Å²) in [5.41, 5.74) is 2.55. The van der Waals surface area contributed by atoms with E-state index in [1.807, 2.05) is 55.5 Å². The molecule has 1 N–H and O–H groups in total. The molecule has 0 aliphatic carbocycles. The maximum Gasteiger partial charge on any atom is 0.204 e. The van der Waals surface area contributed by atoms with Gasteiger partial charge in [-0.2, -0.15) is 0 Å². The van der Waals surface area contributed by atoms with Crippen molar-refractivity contribution in [2.45, 2.75) is 6.92 Å². The predicted molar refractivity (Wildman–Crippen MR) is 93.0 cm³/mol. The second kappa shape index (κ2) is 6.62. The normalized spacial score (nSPS) is 10.3. The van der Waals surface area contributed by atoms with E-state index < -0.39 is 0 Å². The molecule has 0 radical (unpaired) electrons. The molecule has 4 nitrogen and oxygen atoms in total. The maximum atomic E-state index is 12.6. The molecule has 0 bridgehead atoms. The molecule has 3 rings (SSSR count). The van der Waals surface area contributed by atoms with Crippen LogP contribution in [0.2, 0.25) is 0 Å². The molecule has 2 aromatic carbocycles. The number of carbonyl (C=O) groups is 1. The van der Waals surface area contributed by atoms with Crippen LogP contribution in [0.5, 0.6) is 5.75 Å². The fourth-order valence-corrected chi connectivity index (χ4v) is 3.01. The minimum absolute atomic E-state index is 0.000655. The molecular formula is C18H16N2O2S. The number of nitrogens with one attached hydrogen (secondary N) is 1. The predicted octanol–water partition coefficient (Wildman–Crippen LogP) is 4.43. The van der Waals surface area contributed by atoms with Crippen LogP contribution >= 0.6 is 11.3 Å². The van der Waals surface area contributed by atoms with E-state index in [1.54, 1.807) is 13.3 Å². The average Bonchev–Trinajstić information content (AvgIpc) is 3.03. The van der Waals surface area contributed by atoms with Gasteiger partial charge in [0.05, 0.1) is 18.2 Å². The molecule has 0 spiro atoms. The largest absolute Gasteiger partial charge is 0.497 e. The highest BCUT2D eigenvalue weighted by Gasteiger charge is 2.14. The Labute approximate surface area is 138 Å². The first kappa shape index (κ1) is 15.2. The van der Waals surface area contributed by atoms with Gasteiger partial charge in [-0.25, -0.2) is 4.98 Å². The van der Waals surface area contributed by atoms with Crippen LogP contribution in [-0.2, 0) is 0 Å². The van der Waals surface area contributed by atoms with Crippen LogP contribution in [0.4, 0.5) is 10.8 Å². The first-order valence-corrected chi connectivity index (χ1v) is 7.96. The van der Waals surface area contributed by atoms with Crippen molar-refractivity contribution in [3.63, 3.8) is 0 Å². The van der Waals surface area contributed by atoms with Crippen LogP contribution in [0.15, 0.2) is 54.7 Å². The highest BCUT2D eigenvalue weighted by molar-refractivity contribution is 7.17. The molecule has 0 aliphatic heterocycles. The Kier molecular flexibility index (Phi) is 4.39. The summed E-state index contributed by atoms with van der Waals surface area (Å²) in [6.07, 6.45) is 1.61. The minimum atomic E-state index is -0.000655. The van der Waals surface area contributed by atoms with E-state index in [0.717, 1.165) is 17.0 Å². The number of nitrogens with zero attached hydrogens (tertiary/aromatic N) is 1. The van der Waals surface area contributed by atoms with E-state index in [1.165, 1.54) is 11.3 Å². The molecule has 0 fully saturated rings. The molecule has 0 atom stereocenters. The molecule has 116 valence electrons. The van der Waals surface area contributed by atoms with Gasteiger partial charge in [0.15, 0.2) is 5.13 Å². The van der Waals surface area contributed by atoms with Gasteiger partial charge in [0.2, 0.25) is 5.78 Å². The van der Waals surface area contributed by atoms with Gasteiger partial charge in [-0.05, 0) is 24.6 Å². The lowest BCUT2D eigenvalue weighted by Crippen LogP contribution is -2.00. The molecule has 0 unspecified atom stereocenters. The summed E-state index contributed by atoms with van der Waals surface area (Å²) in [5, 5.41) is 3.87. The monoisotopic (exact) mass is 324 g/mol. The Morgan fingerprint density at radius 1 is 1.17 bits per heavy atom. The second-order valence-electron chi connectivity index (χ2n) is 5.03. The van der Waals surface area contributed by atoms with Crippen LogP contribution < -0.4 is 10.1 Å². The minimum Gasteiger partial charge on any atom is -0.497 e. The summed E-state index contributed by atoms with van der Waals surface area (Å²) < 4.78 is 5.20. The Bertz CT molecular complexity index is 842. The molecule has 23 heavy (non-hydrogen) atoms. The Balaban J connectivity index is 1.80. The zero-order chi connectivity index (χ0) is 16.2. The summed E-state index contributed by atoms with van der Waals surface area (Å²) in [7, 11) is 1.63. The lowest BCUT2D eigenvalue weighted by Gasteiger charge is -2.04. The molecule has 3 aromatic rings.